The molecule has 3 aliphatic rings. The van der Waals surface area contributed by atoms with Crippen LogP contribution in [0.1, 0.15) is 29.6 Å². The lowest BCUT2D eigenvalue weighted by Gasteiger charge is -2.19. The zero-order chi connectivity index (χ0) is 20.1. The second kappa shape index (κ2) is 6.72. The second-order valence-corrected chi connectivity index (χ2v) is 8.13. The topological polar surface area (TPSA) is 75.7 Å². The molecular formula is C23H22N2O4. The van der Waals surface area contributed by atoms with Crippen LogP contribution in [0.4, 0.5) is 11.4 Å². The van der Waals surface area contributed by atoms with Crippen molar-refractivity contribution in [1.29, 1.82) is 0 Å². The number of imide groups is 1. The Balaban J connectivity index is 1.39. The van der Waals surface area contributed by atoms with Gasteiger partial charge in [-0.1, -0.05) is 12.1 Å². The SMILES string of the molecule is COc1cccc(NC(=O)c2cccc(N3C(=O)[C@@H]4[C@@H]5CC[C@@H](C5)[C@@H]4C3=O)c2)c1. The predicted octanol–water partition coefficient (Wildman–Crippen LogP) is 3.48. The number of rotatable bonds is 4. The van der Waals surface area contributed by atoms with E-state index in [1.54, 1.807) is 55.6 Å². The van der Waals surface area contributed by atoms with E-state index in [0.717, 1.165) is 19.3 Å². The van der Waals surface area contributed by atoms with Crippen molar-refractivity contribution in [2.45, 2.75) is 19.3 Å². The number of hydrogen-bond acceptors (Lipinski definition) is 4. The fourth-order valence-electron chi connectivity index (χ4n) is 5.35. The zero-order valence-electron chi connectivity index (χ0n) is 16.1. The highest BCUT2D eigenvalue weighted by atomic mass is 16.5. The molecule has 0 radical (unpaired) electrons. The van der Waals surface area contributed by atoms with Crippen molar-refractivity contribution in [1.82, 2.24) is 0 Å². The number of methoxy groups -OCH3 is 1. The van der Waals surface area contributed by atoms with Gasteiger partial charge in [0.05, 0.1) is 24.6 Å². The molecule has 0 unspecified atom stereocenters. The van der Waals surface area contributed by atoms with Crippen LogP contribution in [-0.4, -0.2) is 24.8 Å². The summed E-state index contributed by atoms with van der Waals surface area (Å²) in [6.45, 7) is 0. The van der Waals surface area contributed by atoms with E-state index in [2.05, 4.69) is 5.32 Å². The molecule has 3 fully saturated rings. The Morgan fingerprint density at radius 2 is 1.69 bits per heavy atom. The summed E-state index contributed by atoms with van der Waals surface area (Å²) in [5.74, 6) is 0.476. The summed E-state index contributed by atoms with van der Waals surface area (Å²) in [5, 5.41) is 2.83. The van der Waals surface area contributed by atoms with Crippen molar-refractivity contribution in [3.8, 4) is 5.75 Å². The Bertz CT molecular complexity index is 989. The van der Waals surface area contributed by atoms with Gasteiger partial charge in [-0.05, 0) is 61.4 Å². The molecule has 1 N–H and O–H groups in total. The first-order chi connectivity index (χ1) is 14.1. The van der Waals surface area contributed by atoms with E-state index in [1.165, 1.54) is 4.90 Å². The van der Waals surface area contributed by atoms with Crippen LogP contribution in [0, 0.1) is 23.7 Å². The third kappa shape index (κ3) is 2.82. The van der Waals surface area contributed by atoms with Gasteiger partial charge in [0.1, 0.15) is 5.75 Å². The average molecular weight is 390 g/mol. The van der Waals surface area contributed by atoms with E-state index in [4.69, 9.17) is 4.74 Å². The molecular weight excluding hydrogens is 368 g/mol. The van der Waals surface area contributed by atoms with E-state index in [1.807, 2.05) is 0 Å². The number of carbonyl (C=O) groups is 3. The lowest BCUT2D eigenvalue weighted by atomic mass is 9.81. The molecule has 2 saturated carbocycles. The highest BCUT2D eigenvalue weighted by Gasteiger charge is 2.61. The van der Waals surface area contributed by atoms with E-state index in [0.29, 0.717) is 34.5 Å². The Kier molecular flexibility index (Phi) is 4.15. The highest BCUT2D eigenvalue weighted by molar-refractivity contribution is 6.23. The molecule has 4 atom stereocenters. The molecule has 2 bridgehead atoms. The molecule has 2 aromatic carbocycles. The van der Waals surface area contributed by atoms with Crippen molar-refractivity contribution in [3.63, 3.8) is 0 Å². The fraction of sp³-hybridized carbons (Fsp3) is 0.348. The van der Waals surface area contributed by atoms with Crippen LogP contribution in [0.2, 0.25) is 0 Å². The monoisotopic (exact) mass is 390 g/mol. The van der Waals surface area contributed by atoms with Gasteiger partial charge >= 0.3 is 0 Å². The quantitative estimate of drug-likeness (QED) is 0.811. The van der Waals surface area contributed by atoms with Gasteiger partial charge in [0.2, 0.25) is 11.8 Å². The average Bonchev–Trinajstić information content (AvgIpc) is 3.42. The van der Waals surface area contributed by atoms with Crippen LogP contribution in [0.5, 0.6) is 5.75 Å². The lowest BCUT2D eigenvalue weighted by Crippen LogP contribution is -2.33. The van der Waals surface area contributed by atoms with Crippen LogP contribution in [0.15, 0.2) is 48.5 Å². The maximum atomic E-state index is 13.0. The van der Waals surface area contributed by atoms with Gasteiger partial charge in [-0.25, -0.2) is 0 Å². The number of benzene rings is 2. The molecule has 1 aliphatic heterocycles. The summed E-state index contributed by atoms with van der Waals surface area (Å²) in [4.78, 5) is 40.1. The Morgan fingerprint density at radius 1 is 1.00 bits per heavy atom. The molecule has 29 heavy (non-hydrogen) atoms. The van der Waals surface area contributed by atoms with Crippen LogP contribution in [0.25, 0.3) is 0 Å². The number of anilines is 2. The standard InChI is InChI=1S/C23H22N2O4/c1-29-18-7-3-5-16(12-18)24-21(26)15-4-2-6-17(11-15)25-22(27)19-13-8-9-14(10-13)20(19)23(25)28/h2-7,11-14,19-20H,8-10H2,1H3,(H,24,26)/t13-,14+,19-,20+. The van der Waals surface area contributed by atoms with Crippen molar-refractivity contribution in [2.24, 2.45) is 23.7 Å². The number of hydrogen-bond donors (Lipinski definition) is 1. The number of nitrogens with zero attached hydrogens (tertiary/aromatic N) is 1. The van der Waals surface area contributed by atoms with Crippen LogP contribution in [-0.2, 0) is 9.59 Å². The number of fused-ring (bicyclic) bond motifs is 5. The Labute approximate surface area is 168 Å². The van der Waals surface area contributed by atoms with E-state index in [-0.39, 0.29) is 29.6 Å². The molecule has 2 aliphatic carbocycles. The zero-order valence-corrected chi connectivity index (χ0v) is 16.1. The van der Waals surface area contributed by atoms with Crippen molar-refractivity contribution < 1.29 is 19.1 Å². The molecule has 1 heterocycles. The Hall–Kier alpha value is -3.15. The molecule has 6 nitrogen and oxygen atoms in total. The van der Waals surface area contributed by atoms with Gasteiger partial charge < -0.3 is 10.1 Å². The fourth-order valence-corrected chi connectivity index (χ4v) is 5.35. The maximum Gasteiger partial charge on any atom is 0.255 e. The number of amides is 3. The van der Waals surface area contributed by atoms with E-state index in [9.17, 15) is 14.4 Å². The van der Waals surface area contributed by atoms with Crippen LogP contribution >= 0.6 is 0 Å². The summed E-state index contributed by atoms with van der Waals surface area (Å²) in [6, 6.07) is 13.8. The molecule has 148 valence electrons. The molecule has 5 rings (SSSR count). The molecule has 0 aromatic heterocycles. The minimum atomic E-state index is -0.306. The second-order valence-electron chi connectivity index (χ2n) is 8.13. The summed E-state index contributed by atoms with van der Waals surface area (Å²) >= 11 is 0. The maximum absolute atomic E-state index is 13.0. The number of ether oxygens (including phenoxy) is 1. The number of nitrogens with one attached hydrogen (secondary N) is 1. The van der Waals surface area contributed by atoms with Gasteiger partial charge in [-0.2, -0.15) is 0 Å². The van der Waals surface area contributed by atoms with Gasteiger partial charge in [0.15, 0.2) is 0 Å². The van der Waals surface area contributed by atoms with Crippen LogP contribution < -0.4 is 15.0 Å². The minimum Gasteiger partial charge on any atom is -0.497 e. The first-order valence-electron chi connectivity index (χ1n) is 10.00. The number of carbonyl (C=O) groups excluding carboxylic acids is 3. The van der Waals surface area contributed by atoms with Gasteiger partial charge in [-0.3, -0.25) is 19.3 Å². The molecule has 3 amide bonds. The molecule has 1 saturated heterocycles. The smallest absolute Gasteiger partial charge is 0.255 e. The minimum absolute atomic E-state index is 0.0995. The van der Waals surface area contributed by atoms with E-state index >= 15 is 0 Å². The van der Waals surface area contributed by atoms with Crippen molar-refractivity contribution in [3.05, 3.63) is 54.1 Å². The highest BCUT2D eigenvalue weighted by Crippen LogP contribution is 2.56. The van der Waals surface area contributed by atoms with Crippen molar-refractivity contribution in [2.75, 3.05) is 17.3 Å². The molecule has 0 spiro atoms. The first kappa shape index (κ1) is 17.9. The first-order valence-corrected chi connectivity index (χ1v) is 10.00. The molecule has 6 heteroatoms. The van der Waals surface area contributed by atoms with Gasteiger partial charge in [0, 0.05) is 17.3 Å². The summed E-state index contributed by atoms with van der Waals surface area (Å²) in [7, 11) is 1.57. The summed E-state index contributed by atoms with van der Waals surface area (Å²) in [5.41, 5.74) is 1.48. The lowest BCUT2D eigenvalue weighted by molar-refractivity contribution is -0.123. The largest absolute Gasteiger partial charge is 0.497 e. The Morgan fingerprint density at radius 3 is 2.38 bits per heavy atom. The van der Waals surface area contributed by atoms with Gasteiger partial charge in [-0.15, -0.1) is 0 Å². The normalized spacial score (nSPS) is 27.3. The third-order valence-corrected chi connectivity index (χ3v) is 6.62. The van der Waals surface area contributed by atoms with Gasteiger partial charge in [0.25, 0.3) is 5.91 Å². The predicted molar refractivity (Wildman–Crippen MR) is 108 cm³/mol. The summed E-state index contributed by atoms with van der Waals surface area (Å²) in [6.07, 6.45) is 3.09. The summed E-state index contributed by atoms with van der Waals surface area (Å²) < 4.78 is 5.18. The van der Waals surface area contributed by atoms with Crippen LogP contribution in [0.3, 0.4) is 0 Å². The molecule has 2 aromatic rings. The van der Waals surface area contributed by atoms with E-state index < -0.39 is 0 Å². The third-order valence-electron chi connectivity index (χ3n) is 6.62. The van der Waals surface area contributed by atoms with Crippen molar-refractivity contribution >= 4 is 29.1 Å².